The lowest BCUT2D eigenvalue weighted by Crippen LogP contribution is -2.61. The first-order valence-corrected chi connectivity index (χ1v) is 14.3. The Bertz CT molecular complexity index is 1150. The average Bonchev–Trinajstić information content (AvgIpc) is 3.33. The van der Waals surface area contributed by atoms with Crippen molar-refractivity contribution in [1.82, 2.24) is 19.0 Å². The standard InChI is InChI=1S/C16H26N2O2S.C9H8N2O.C2H6/c1-2-3-14-4-6-15(7-5-14)21(19,20)18-12-16(13-18)8-10-17-11-9-16;1-7(12)8-2-3-9-10-4-5-11(9)6-8;1-2/h4,6-7,14,17H,2-3,5,8-13H2,1H3;2-6H,1H3;1-2H3. The lowest BCUT2D eigenvalue weighted by molar-refractivity contribution is 0.0381. The van der Waals surface area contributed by atoms with Gasteiger partial charge in [-0.05, 0) is 69.8 Å². The van der Waals surface area contributed by atoms with Crippen LogP contribution in [0, 0.1) is 11.3 Å². The Balaban J connectivity index is 0.000000207. The first kappa shape index (κ1) is 27.3. The number of hydrogen-bond donors (Lipinski definition) is 1. The fraction of sp³-hybridized carbons (Fsp3) is 0.556. The van der Waals surface area contributed by atoms with Gasteiger partial charge in [-0.2, -0.15) is 4.31 Å². The van der Waals surface area contributed by atoms with Gasteiger partial charge in [0.2, 0.25) is 10.0 Å². The lowest BCUT2D eigenvalue weighted by atomic mass is 9.74. The van der Waals surface area contributed by atoms with E-state index in [2.05, 4.69) is 23.3 Å². The quantitative estimate of drug-likeness (QED) is 0.595. The van der Waals surface area contributed by atoms with E-state index in [1.54, 1.807) is 29.7 Å². The molecule has 4 heterocycles. The van der Waals surface area contributed by atoms with E-state index >= 15 is 0 Å². The van der Waals surface area contributed by atoms with Gasteiger partial charge in [0.05, 0.1) is 4.91 Å². The van der Waals surface area contributed by atoms with Crippen LogP contribution in [0.4, 0.5) is 0 Å². The summed E-state index contributed by atoms with van der Waals surface area (Å²) < 4.78 is 28.8. The number of sulfonamides is 1. The minimum Gasteiger partial charge on any atom is -0.317 e. The molecule has 0 radical (unpaired) electrons. The molecular formula is C27H40N4O3S. The van der Waals surface area contributed by atoms with Gasteiger partial charge < -0.3 is 9.72 Å². The minimum absolute atomic E-state index is 0.0746. The zero-order chi connectivity index (χ0) is 25.5. The third-order valence-corrected chi connectivity index (χ3v) is 8.77. The first-order chi connectivity index (χ1) is 16.8. The highest BCUT2D eigenvalue weighted by Gasteiger charge is 2.48. The average molecular weight is 501 g/mol. The zero-order valence-corrected chi connectivity index (χ0v) is 22.4. The maximum atomic E-state index is 12.6. The number of imidazole rings is 1. The number of nitrogens with one attached hydrogen (secondary N) is 1. The summed E-state index contributed by atoms with van der Waals surface area (Å²) in [7, 11) is -3.25. The van der Waals surface area contributed by atoms with Crippen molar-refractivity contribution in [2.45, 2.75) is 59.8 Å². The van der Waals surface area contributed by atoms with Gasteiger partial charge >= 0.3 is 0 Å². The number of aromatic nitrogens is 2. The van der Waals surface area contributed by atoms with E-state index in [0.29, 0.717) is 29.5 Å². The van der Waals surface area contributed by atoms with Crippen molar-refractivity contribution >= 4 is 21.5 Å². The smallest absolute Gasteiger partial charge is 0.242 e. The molecular weight excluding hydrogens is 460 g/mol. The van der Waals surface area contributed by atoms with E-state index in [1.807, 2.05) is 42.7 Å². The van der Waals surface area contributed by atoms with Gasteiger partial charge in [0.25, 0.3) is 0 Å². The van der Waals surface area contributed by atoms with Crippen LogP contribution in [0.15, 0.2) is 53.9 Å². The van der Waals surface area contributed by atoms with Crippen LogP contribution in [0.3, 0.4) is 0 Å². The van der Waals surface area contributed by atoms with Crippen molar-refractivity contribution in [1.29, 1.82) is 0 Å². The van der Waals surface area contributed by atoms with E-state index in [-0.39, 0.29) is 11.2 Å². The number of rotatable bonds is 5. The second-order valence-electron chi connectivity index (χ2n) is 9.44. The molecule has 0 bridgehead atoms. The van der Waals surface area contributed by atoms with E-state index < -0.39 is 10.0 Å². The topological polar surface area (TPSA) is 83.8 Å². The molecule has 5 rings (SSSR count). The van der Waals surface area contributed by atoms with E-state index in [4.69, 9.17) is 0 Å². The molecule has 8 heteroatoms. The Labute approximate surface area is 210 Å². The van der Waals surface area contributed by atoms with Crippen LogP contribution in [-0.4, -0.2) is 54.1 Å². The van der Waals surface area contributed by atoms with Crippen molar-refractivity contribution < 1.29 is 13.2 Å². The molecule has 1 unspecified atom stereocenters. The number of allylic oxidation sites excluding steroid dienone is 3. The molecule has 1 N–H and O–H groups in total. The van der Waals surface area contributed by atoms with Crippen molar-refractivity contribution in [2.24, 2.45) is 11.3 Å². The van der Waals surface area contributed by atoms with Crippen molar-refractivity contribution in [3.05, 3.63) is 59.4 Å². The predicted molar refractivity (Wildman–Crippen MR) is 142 cm³/mol. The third kappa shape index (κ3) is 6.48. The molecule has 1 spiro atoms. The second kappa shape index (κ2) is 12.1. The normalized spacial score (nSPS) is 21.3. The van der Waals surface area contributed by atoms with Crippen molar-refractivity contribution in [2.75, 3.05) is 26.2 Å². The van der Waals surface area contributed by atoms with E-state index in [0.717, 1.165) is 50.8 Å². The molecule has 3 aliphatic rings. The summed E-state index contributed by atoms with van der Waals surface area (Å²) in [4.78, 5) is 15.6. The highest BCUT2D eigenvalue weighted by Crippen LogP contribution is 2.42. The summed E-state index contributed by atoms with van der Waals surface area (Å²) >= 11 is 0. The van der Waals surface area contributed by atoms with Gasteiger partial charge in [-0.3, -0.25) is 4.79 Å². The summed E-state index contributed by atoms with van der Waals surface area (Å²) in [5.74, 6) is 0.590. The molecule has 0 amide bonds. The van der Waals surface area contributed by atoms with Crippen LogP contribution >= 0.6 is 0 Å². The molecule has 0 aromatic carbocycles. The molecule has 2 aromatic rings. The van der Waals surface area contributed by atoms with Gasteiger partial charge in [-0.15, -0.1) is 0 Å². The molecule has 2 saturated heterocycles. The fourth-order valence-electron chi connectivity index (χ4n) is 4.84. The zero-order valence-electron chi connectivity index (χ0n) is 21.5. The van der Waals surface area contributed by atoms with Gasteiger partial charge in [0, 0.05) is 42.7 Å². The lowest BCUT2D eigenvalue weighted by Gasteiger charge is -2.51. The third-order valence-electron chi connectivity index (χ3n) is 6.93. The number of hydrogen-bond acceptors (Lipinski definition) is 5. The van der Waals surface area contributed by atoms with Gasteiger partial charge in [0.1, 0.15) is 5.65 Å². The molecule has 192 valence electrons. The molecule has 7 nitrogen and oxygen atoms in total. The monoisotopic (exact) mass is 500 g/mol. The molecule has 2 aliphatic heterocycles. The second-order valence-corrected chi connectivity index (χ2v) is 11.4. The van der Waals surface area contributed by atoms with Crippen LogP contribution in [-0.2, 0) is 10.0 Å². The number of pyridine rings is 1. The van der Waals surface area contributed by atoms with Crippen LogP contribution in [0.2, 0.25) is 0 Å². The summed E-state index contributed by atoms with van der Waals surface area (Å²) in [6.45, 7) is 11.2. The van der Waals surface area contributed by atoms with Crippen molar-refractivity contribution in [3.8, 4) is 0 Å². The molecule has 35 heavy (non-hydrogen) atoms. The predicted octanol–water partition coefficient (Wildman–Crippen LogP) is 4.82. The molecule has 2 fully saturated rings. The number of ketones is 1. The minimum atomic E-state index is -3.25. The van der Waals surface area contributed by atoms with Gasteiger partial charge in [-0.1, -0.05) is 39.3 Å². The van der Waals surface area contributed by atoms with E-state index in [1.165, 1.54) is 0 Å². The first-order valence-electron chi connectivity index (χ1n) is 12.9. The highest BCUT2D eigenvalue weighted by molar-refractivity contribution is 7.93. The Morgan fingerprint density at radius 1 is 1.20 bits per heavy atom. The maximum Gasteiger partial charge on any atom is 0.242 e. The number of fused-ring (bicyclic) bond motifs is 1. The molecule has 1 atom stereocenters. The summed E-state index contributed by atoms with van der Waals surface area (Å²) in [6.07, 6.45) is 16.5. The number of carbonyl (C=O) groups excluding carboxylic acids is 1. The Morgan fingerprint density at radius 2 is 1.91 bits per heavy atom. The molecule has 0 saturated carbocycles. The summed E-state index contributed by atoms with van der Waals surface area (Å²) in [5, 5.41) is 3.35. The highest BCUT2D eigenvalue weighted by atomic mass is 32.2. The van der Waals surface area contributed by atoms with Crippen LogP contribution in [0.1, 0.15) is 70.2 Å². The van der Waals surface area contributed by atoms with Crippen molar-refractivity contribution in [3.63, 3.8) is 0 Å². The summed E-state index contributed by atoms with van der Waals surface area (Å²) in [6, 6.07) is 3.61. The number of Topliss-reactive ketones (excluding diaryl/α,β-unsaturated/α-hetero) is 1. The number of piperidine rings is 1. The SMILES string of the molecule is CC.CC(=O)c1ccc2nccn2c1.CCCC1C=CC(S(=O)(=O)N2CC3(CCNCC3)C2)=CC1. The molecule has 2 aromatic heterocycles. The number of nitrogens with zero attached hydrogens (tertiary/aromatic N) is 3. The largest absolute Gasteiger partial charge is 0.317 e. The number of carbonyl (C=O) groups is 1. The Morgan fingerprint density at radius 3 is 2.51 bits per heavy atom. The Kier molecular flexibility index (Phi) is 9.44. The van der Waals surface area contributed by atoms with Crippen LogP contribution in [0.5, 0.6) is 0 Å². The molecule has 1 aliphatic carbocycles. The van der Waals surface area contributed by atoms with Gasteiger partial charge in [-0.25, -0.2) is 13.4 Å². The Hall–Kier alpha value is -2.29. The van der Waals surface area contributed by atoms with Gasteiger partial charge in [0.15, 0.2) is 5.78 Å². The summed E-state index contributed by atoms with van der Waals surface area (Å²) in [5.41, 5.74) is 1.82. The fourth-order valence-corrected chi connectivity index (χ4v) is 6.59. The maximum absolute atomic E-state index is 12.6. The van der Waals surface area contributed by atoms with Crippen LogP contribution < -0.4 is 5.32 Å². The van der Waals surface area contributed by atoms with Crippen LogP contribution in [0.25, 0.3) is 5.65 Å². The van der Waals surface area contributed by atoms with E-state index in [9.17, 15) is 13.2 Å².